The van der Waals surface area contributed by atoms with E-state index in [0.29, 0.717) is 6.10 Å². The molecule has 2 aliphatic carbocycles. The van der Waals surface area contributed by atoms with Gasteiger partial charge in [0.25, 0.3) is 0 Å². The van der Waals surface area contributed by atoms with Crippen LogP contribution in [0.3, 0.4) is 0 Å². The van der Waals surface area contributed by atoms with E-state index < -0.39 is 0 Å². The van der Waals surface area contributed by atoms with Crippen molar-refractivity contribution in [3.63, 3.8) is 0 Å². The van der Waals surface area contributed by atoms with Crippen LogP contribution in [0.5, 0.6) is 0 Å². The Bertz CT molecular complexity index is 265. The molecule has 0 aromatic carbocycles. The minimum absolute atomic E-state index is 0.0166. The fourth-order valence-electron chi connectivity index (χ4n) is 4.06. The Balaban J connectivity index is 1.59. The van der Waals surface area contributed by atoms with Crippen molar-refractivity contribution in [2.24, 2.45) is 17.8 Å². The molecule has 124 valence electrons. The van der Waals surface area contributed by atoms with Crippen LogP contribution in [0.1, 0.15) is 85.0 Å². The van der Waals surface area contributed by atoms with Crippen LogP contribution in [0.4, 0.5) is 0 Å². The highest BCUT2D eigenvalue weighted by Gasteiger charge is 2.26. The fraction of sp³-hybridized carbons (Fsp3) is 1.00. The predicted octanol–water partition coefficient (Wildman–Crippen LogP) is 5.55. The monoisotopic (exact) mass is 296 g/mol. The molecule has 2 aliphatic rings. The largest absolute Gasteiger partial charge is 0.353 e. The number of hydrogen-bond acceptors (Lipinski definition) is 2. The molecule has 2 nitrogen and oxygen atoms in total. The fourth-order valence-corrected chi connectivity index (χ4v) is 4.06. The molecule has 0 heterocycles. The summed E-state index contributed by atoms with van der Waals surface area (Å²) in [6.45, 7) is 7.71. The lowest BCUT2D eigenvalue weighted by Gasteiger charge is -2.33. The van der Waals surface area contributed by atoms with E-state index in [2.05, 4.69) is 20.8 Å². The van der Waals surface area contributed by atoms with Gasteiger partial charge in [0.15, 0.2) is 6.29 Å². The van der Waals surface area contributed by atoms with Crippen molar-refractivity contribution in [3.8, 4) is 0 Å². The standard InChI is InChI=1S/C19H36O2/c1-4-15(2)18-10-12-19(13-11-18)21-16(3)20-14-17-8-6-5-7-9-17/h15-19H,4-14H2,1-3H3. The summed E-state index contributed by atoms with van der Waals surface area (Å²) in [5, 5.41) is 0. The summed E-state index contributed by atoms with van der Waals surface area (Å²) >= 11 is 0. The van der Waals surface area contributed by atoms with Crippen LogP contribution in [0.2, 0.25) is 0 Å². The Morgan fingerprint density at radius 3 is 2.19 bits per heavy atom. The summed E-state index contributed by atoms with van der Waals surface area (Å²) in [6.07, 6.45) is 13.8. The van der Waals surface area contributed by atoms with Crippen molar-refractivity contribution in [3.05, 3.63) is 0 Å². The maximum Gasteiger partial charge on any atom is 0.155 e. The van der Waals surface area contributed by atoms with Gasteiger partial charge in [-0.1, -0.05) is 39.5 Å². The lowest BCUT2D eigenvalue weighted by Crippen LogP contribution is -2.29. The highest BCUT2D eigenvalue weighted by Crippen LogP contribution is 2.33. The van der Waals surface area contributed by atoms with Gasteiger partial charge in [0.2, 0.25) is 0 Å². The molecule has 2 rings (SSSR count). The van der Waals surface area contributed by atoms with Gasteiger partial charge in [0.05, 0.1) is 12.7 Å². The van der Waals surface area contributed by atoms with Gasteiger partial charge >= 0.3 is 0 Å². The van der Waals surface area contributed by atoms with E-state index >= 15 is 0 Å². The Labute approximate surface area is 132 Å². The summed E-state index contributed by atoms with van der Waals surface area (Å²) in [6, 6.07) is 0. The molecule has 0 N–H and O–H groups in total. The number of hydrogen-bond donors (Lipinski definition) is 0. The molecule has 0 bridgehead atoms. The first-order valence-corrected chi connectivity index (χ1v) is 9.46. The van der Waals surface area contributed by atoms with E-state index in [-0.39, 0.29) is 6.29 Å². The Hall–Kier alpha value is -0.0800. The van der Waals surface area contributed by atoms with Crippen LogP contribution >= 0.6 is 0 Å². The third-order valence-corrected chi connectivity index (χ3v) is 5.84. The zero-order valence-corrected chi connectivity index (χ0v) is 14.5. The minimum Gasteiger partial charge on any atom is -0.353 e. The molecule has 0 amide bonds. The molecular formula is C19H36O2. The van der Waals surface area contributed by atoms with Gasteiger partial charge in [0, 0.05) is 0 Å². The van der Waals surface area contributed by atoms with Crippen LogP contribution in [0, 0.1) is 17.8 Å². The zero-order valence-electron chi connectivity index (χ0n) is 14.5. The van der Waals surface area contributed by atoms with Gasteiger partial charge in [0.1, 0.15) is 0 Å². The van der Waals surface area contributed by atoms with Crippen molar-refractivity contribution in [2.45, 2.75) is 97.4 Å². The van der Waals surface area contributed by atoms with E-state index in [4.69, 9.17) is 9.47 Å². The first-order chi connectivity index (χ1) is 10.2. The molecule has 2 saturated carbocycles. The number of ether oxygens (including phenoxy) is 2. The second kappa shape index (κ2) is 9.15. The van der Waals surface area contributed by atoms with Crippen molar-refractivity contribution in [1.82, 2.24) is 0 Å². The molecule has 2 heteroatoms. The van der Waals surface area contributed by atoms with Gasteiger partial charge in [-0.15, -0.1) is 0 Å². The molecule has 21 heavy (non-hydrogen) atoms. The minimum atomic E-state index is -0.0166. The first-order valence-electron chi connectivity index (χ1n) is 9.46. The maximum atomic E-state index is 6.12. The molecular weight excluding hydrogens is 260 g/mol. The van der Waals surface area contributed by atoms with Gasteiger partial charge in [-0.3, -0.25) is 0 Å². The van der Waals surface area contributed by atoms with Crippen LogP contribution in [-0.4, -0.2) is 19.0 Å². The van der Waals surface area contributed by atoms with Crippen LogP contribution in [0.15, 0.2) is 0 Å². The van der Waals surface area contributed by atoms with Crippen molar-refractivity contribution in [2.75, 3.05) is 6.61 Å². The lowest BCUT2D eigenvalue weighted by atomic mass is 9.79. The smallest absolute Gasteiger partial charge is 0.155 e. The summed E-state index contributed by atoms with van der Waals surface area (Å²) in [7, 11) is 0. The Morgan fingerprint density at radius 1 is 0.905 bits per heavy atom. The van der Waals surface area contributed by atoms with Crippen LogP contribution in [0.25, 0.3) is 0 Å². The summed E-state index contributed by atoms with van der Waals surface area (Å²) in [5.74, 6) is 2.59. The Morgan fingerprint density at radius 2 is 1.57 bits per heavy atom. The normalized spacial score (nSPS) is 31.0. The molecule has 0 aromatic heterocycles. The third kappa shape index (κ3) is 5.90. The third-order valence-electron chi connectivity index (χ3n) is 5.84. The maximum absolute atomic E-state index is 6.12. The first kappa shape index (κ1) is 17.3. The van der Waals surface area contributed by atoms with E-state index in [9.17, 15) is 0 Å². The van der Waals surface area contributed by atoms with Crippen molar-refractivity contribution >= 4 is 0 Å². The molecule has 0 aliphatic heterocycles. The van der Waals surface area contributed by atoms with E-state index in [1.165, 1.54) is 64.2 Å². The summed E-state index contributed by atoms with van der Waals surface area (Å²) < 4.78 is 12.1. The van der Waals surface area contributed by atoms with E-state index in [1.807, 2.05) is 0 Å². The summed E-state index contributed by atoms with van der Waals surface area (Å²) in [5.41, 5.74) is 0. The predicted molar refractivity (Wildman–Crippen MR) is 88.3 cm³/mol. The van der Waals surface area contributed by atoms with Crippen molar-refractivity contribution in [1.29, 1.82) is 0 Å². The van der Waals surface area contributed by atoms with Crippen LogP contribution in [-0.2, 0) is 9.47 Å². The van der Waals surface area contributed by atoms with E-state index in [1.54, 1.807) is 0 Å². The van der Waals surface area contributed by atoms with Gasteiger partial charge < -0.3 is 9.47 Å². The zero-order chi connectivity index (χ0) is 15.1. The quantitative estimate of drug-likeness (QED) is 0.573. The van der Waals surface area contributed by atoms with Crippen molar-refractivity contribution < 1.29 is 9.47 Å². The van der Waals surface area contributed by atoms with E-state index in [0.717, 1.165) is 24.4 Å². The summed E-state index contributed by atoms with van der Waals surface area (Å²) in [4.78, 5) is 0. The molecule has 0 aromatic rings. The molecule has 2 fully saturated rings. The lowest BCUT2D eigenvalue weighted by molar-refractivity contribution is -0.175. The van der Waals surface area contributed by atoms with Gasteiger partial charge in [-0.25, -0.2) is 0 Å². The topological polar surface area (TPSA) is 18.5 Å². The highest BCUT2D eigenvalue weighted by molar-refractivity contribution is 4.76. The second-order valence-electron chi connectivity index (χ2n) is 7.46. The molecule has 2 unspecified atom stereocenters. The molecule has 2 atom stereocenters. The van der Waals surface area contributed by atoms with Gasteiger partial charge in [-0.2, -0.15) is 0 Å². The second-order valence-corrected chi connectivity index (χ2v) is 7.46. The molecule has 0 spiro atoms. The van der Waals surface area contributed by atoms with Crippen LogP contribution < -0.4 is 0 Å². The highest BCUT2D eigenvalue weighted by atomic mass is 16.7. The van der Waals surface area contributed by atoms with Gasteiger partial charge in [-0.05, 0) is 63.2 Å². The number of rotatable bonds is 7. The SMILES string of the molecule is CCC(C)C1CCC(OC(C)OCC2CCCCC2)CC1. The molecule has 0 radical (unpaired) electrons. The average molecular weight is 296 g/mol. The molecule has 0 saturated heterocycles. The average Bonchev–Trinajstić information content (AvgIpc) is 2.54. The Kier molecular flexibility index (Phi) is 7.53.